The monoisotopic (exact) mass is 305 g/mol. The molecule has 1 unspecified atom stereocenters. The highest BCUT2D eigenvalue weighted by atomic mass is 32.2. The van der Waals surface area contributed by atoms with Gasteiger partial charge in [0.25, 0.3) is 10.2 Å². The molecule has 19 heavy (non-hydrogen) atoms. The molecule has 1 aromatic rings. The predicted octanol–water partition coefficient (Wildman–Crippen LogP) is 0.836. The Kier molecular flexibility index (Phi) is 5.28. The lowest BCUT2D eigenvalue weighted by Gasteiger charge is -2.31. The summed E-state index contributed by atoms with van der Waals surface area (Å²) in [5.74, 6) is 0.287. The van der Waals surface area contributed by atoms with Crippen LogP contribution >= 0.6 is 11.3 Å². The summed E-state index contributed by atoms with van der Waals surface area (Å²) in [6.45, 7) is 1.96. The van der Waals surface area contributed by atoms with Crippen LogP contribution in [0.15, 0.2) is 10.9 Å². The predicted molar refractivity (Wildman–Crippen MR) is 74.0 cm³/mol. The summed E-state index contributed by atoms with van der Waals surface area (Å²) in [6.07, 6.45) is 1.90. The molecule has 108 valence electrons. The standard InChI is InChI=1S/C11H19N3O3S2/c1-17-7-10-3-2-4-14(6-10)19(15,16)13-5-11-8-18-9-12-11/h8-10,13H,2-7H2,1H3. The molecule has 1 saturated heterocycles. The van der Waals surface area contributed by atoms with Crippen molar-refractivity contribution in [3.05, 3.63) is 16.6 Å². The third kappa shape index (κ3) is 4.22. The number of ether oxygens (including phenoxy) is 1. The minimum atomic E-state index is -3.42. The molecule has 0 bridgehead atoms. The van der Waals surface area contributed by atoms with Crippen molar-refractivity contribution in [3.8, 4) is 0 Å². The first-order valence-electron chi connectivity index (χ1n) is 6.22. The molecule has 6 nitrogen and oxygen atoms in total. The number of piperidine rings is 1. The maximum Gasteiger partial charge on any atom is 0.279 e. The second-order valence-electron chi connectivity index (χ2n) is 4.63. The van der Waals surface area contributed by atoms with Gasteiger partial charge in [0.1, 0.15) is 0 Å². The maximum atomic E-state index is 12.2. The molecule has 1 fully saturated rings. The highest BCUT2D eigenvalue weighted by Gasteiger charge is 2.28. The molecule has 1 atom stereocenters. The van der Waals surface area contributed by atoms with Gasteiger partial charge in [-0.1, -0.05) is 0 Å². The van der Waals surface area contributed by atoms with E-state index in [0.29, 0.717) is 19.7 Å². The largest absolute Gasteiger partial charge is 0.384 e. The van der Waals surface area contributed by atoms with E-state index in [2.05, 4.69) is 9.71 Å². The first-order chi connectivity index (χ1) is 9.12. The van der Waals surface area contributed by atoms with Crippen molar-refractivity contribution in [1.29, 1.82) is 0 Å². The van der Waals surface area contributed by atoms with Crippen molar-refractivity contribution < 1.29 is 13.2 Å². The Morgan fingerprint density at radius 2 is 2.47 bits per heavy atom. The summed E-state index contributed by atoms with van der Waals surface area (Å²) in [5, 5.41) is 1.84. The molecule has 0 spiro atoms. The zero-order valence-corrected chi connectivity index (χ0v) is 12.5. The molecule has 2 rings (SSSR count). The molecule has 0 amide bonds. The average molecular weight is 305 g/mol. The molecule has 1 aliphatic heterocycles. The van der Waals surface area contributed by atoms with Gasteiger partial charge in [0.2, 0.25) is 0 Å². The van der Waals surface area contributed by atoms with Gasteiger partial charge in [0.05, 0.1) is 24.4 Å². The van der Waals surface area contributed by atoms with E-state index < -0.39 is 10.2 Å². The zero-order chi connectivity index (χ0) is 13.7. The molecule has 0 aromatic carbocycles. The van der Waals surface area contributed by atoms with Gasteiger partial charge in [-0.15, -0.1) is 11.3 Å². The lowest BCUT2D eigenvalue weighted by atomic mass is 10.0. The third-order valence-corrected chi connectivity index (χ3v) is 5.30. The quantitative estimate of drug-likeness (QED) is 0.845. The number of hydrogen-bond acceptors (Lipinski definition) is 5. The Morgan fingerprint density at radius 1 is 1.63 bits per heavy atom. The summed E-state index contributed by atoms with van der Waals surface area (Å²) in [7, 11) is -1.77. The number of aromatic nitrogens is 1. The SMILES string of the molecule is COCC1CCCN(S(=O)(=O)NCc2cscn2)C1. The van der Waals surface area contributed by atoms with Crippen LogP contribution in [0.25, 0.3) is 0 Å². The highest BCUT2D eigenvalue weighted by Crippen LogP contribution is 2.18. The van der Waals surface area contributed by atoms with Crippen molar-refractivity contribution >= 4 is 21.5 Å². The topological polar surface area (TPSA) is 71.5 Å². The van der Waals surface area contributed by atoms with E-state index in [1.807, 2.05) is 5.38 Å². The molecule has 0 aliphatic carbocycles. The molecule has 8 heteroatoms. The lowest BCUT2D eigenvalue weighted by Crippen LogP contribution is -2.46. The first-order valence-corrected chi connectivity index (χ1v) is 8.61. The maximum absolute atomic E-state index is 12.2. The van der Waals surface area contributed by atoms with Crippen LogP contribution in [0.1, 0.15) is 18.5 Å². The Labute approximate surface area is 118 Å². The first kappa shape index (κ1) is 14.9. The number of thiazole rings is 1. The smallest absolute Gasteiger partial charge is 0.279 e. The number of rotatable bonds is 6. The van der Waals surface area contributed by atoms with E-state index >= 15 is 0 Å². The summed E-state index contributed by atoms with van der Waals surface area (Å²) < 4.78 is 33.6. The summed E-state index contributed by atoms with van der Waals surface area (Å²) >= 11 is 1.46. The van der Waals surface area contributed by atoms with Crippen molar-refractivity contribution in [2.75, 3.05) is 26.8 Å². The molecule has 2 heterocycles. The Hall–Kier alpha value is -0.540. The second kappa shape index (κ2) is 6.76. The van der Waals surface area contributed by atoms with Crippen LogP contribution in [0, 0.1) is 5.92 Å². The van der Waals surface area contributed by atoms with Gasteiger partial charge in [-0.25, -0.2) is 4.98 Å². The van der Waals surface area contributed by atoms with Crippen molar-refractivity contribution in [2.24, 2.45) is 5.92 Å². The minimum absolute atomic E-state index is 0.247. The Morgan fingerprint density at radius 3 is 3.16 bits per heavy atom. The zero-order valence-electron chi connectivity index (χ0n) is 10.9. The van der Waals surface area contributed by atoms with E-state index in [1.54, 1.807) is 12.6 Å². The van der Waals surface area contributed by atoms with Gasteiger partial charge < -0.3 is 4.74 Å². The Balaban J connectivity index is 1.91. The van der Waals surface area contributed by atoms with Crippen molar-refractivity contribution in [3.63, 3.8) is 0 Å². The van der Waals surface area contributed by atoms with E-state index in [1.165, 1.54) is 15.6 Å². The highest BCUT2D eigenvalue weighted by molar-refractivity contribution is 7.87. The van der Waals surface area contributed by atoms with Gasteiger partial charge in [-0.05, 0) is 18.8 Å². The number of nitrogens with one attached hydrogen (secondary N) is 1. The molecule has 1 aromatic heterocycles. The normalized spacial score (nSPS) is 21.6. The second-order valence-corrected chi connectivity index (χ2v) is 7.10. The van der Waals surface area contributed by atoms with Gasteiger partial charge in [-0.3, -0.25) is 0 Å². The van der Waals surface area contributed by atoms with Crippen LogP contribution in [-0.4, -0.2) is 44.5 Å². The van der Waals surface area contributed by atoms with Crippen LogP contribution in [-0.2, 0) is 21.5 Å². The molecular formula is C11H19N3O3S2. The van der Waals surface area contributed by atoms with Crippen LogP contribution in [0.3, 0.4) is 0 Å². The van der Waals surface area contributed by atoms with E-state index in [0.717, 1.165) is 18.5 Å². The Bertz CT molecular complexity index is 473. The van der Waals surface area contributed by atoms with Crippen molar-refractivity contribution in [2.45, 2.75) is 19.4 Å². The van der Waals surface area contributed by atoms with E-state index in [4.69, 9.17) is 4.74 Å². The van der Waals surface area contributed by atoms with Gasteiger partial charge in [0.15, 0.2) is 0 Å². The number of nitrogens with zero attached hydrogens (tertiary/aromatic N) is 2. The van der Waals surface area contributed by atoms with Crippen LogP contribution in [0.5, 0.6) is 0 Å². The van der Waals surface area contributed by atoms with Crippen LogP contribution in [0.4, 0.5) is 0 Å². The van der Waals surface area contributed by atoms with Crippen LogP contribution < -0.4 is 4.72 Å². The van der Waals surface area contributed by atoms with E-state index in [-0.39, 0.29) is 12.5 Å². The van der Waals surface area contributed by atoms with E-state index in [9.17, 15) is 8.42 Å². The fourth-order valence-corrected chi connectivity index (χ4v) is 4.05. The summed E-state index contributed by atoms with van der Waals surface area (Å²) in [4.78, 5) is 4.06. The molecular weight excluding hydrogens is 286 g/mol. The van der Waals surface area contributed by atoms with Gasteiger partial charge >= 0.3 is 0 Å². The molecule has 1 aliphatic rings. The molecule has 0 saturated carbocycles. The number of methoxy groups -OCH3 is 1. The fraction of sp³-hybridized carbons (Fsp3) is 0.727. The average Bonchev–Trinajstić information content (AvgIpc) is 2.90. The summed E-state index contributed by atoms with van der Waals surface area (Å²) in [6, 6.07) is 0. The lowest BCUT2D eigenvalue weighted by molar-refractivity contribution is 0.118. The molecule has 1 N–H and O–H groups in total. The van der Waals surface area contributed by atoms with Gasteiger partial charge in [0, 0.05) is 25.6 Å². The summed E-state index contributed by atoms with van der Waals surface area (Å²) in [5.41, 5.74) is 2.44. The van der Waals surface area contributed by atoms with Crippen LogP contribution in [0.2, 0.25) is 0 Å². The van der Waals surface area contributed by atoms with Crippen molar-refractivity contribution in [1.82, 2.24) is 14.0 Å². The third-order valence-electron chi connectivity index (χ3n) is 3.14. The fourth-order valence-electron chi connectivity index (χ4n) is 2.20. The molecule has 0 radical (unpaired) electrons. The number of hydrogen-bond donors (Lipinski definition) is 1. The van der Waals surface area contributed by atoms with Gasteiger partial charge in [-0.2, -0.15) is 17.4 Å². The minimum Gasteiger partial charge on any atom is -0.384 e.